The predicted octanol–water partition coefficient (Wildman–Crippen LogP) is 5.91. The van der Waals surface area contributed by atoms with Crippen LogP contribution in [0.25, 0.3) is 11.0 Å². The van der Waals surface area contributed by atoms with Crippen molar-refractivity contribution in [2.24, 2.45) is 11.3 Å². The molecule has 3 nitrogen and oxygen atoms in total. The number of alkyl halides is 3. The van der Waals surface area contributed by atoms with E-state index in [-0.39, 0.29) is 22.6 Å². The summed E-state index contributed by atoms with van der Waals surface area (Å²) in [5, 5.41) is 0. The van der Waals surface area contributed by atoms with Gasteiger partial charge in [-0.3, -0.25) is 0 Å². The molecule has 0 bridgehead atoms. The molecule has 1 saturated carbocycles. The molecule has 0 radical (unpaired) electrons. The number of ether oxygens (including phenoxy) is 1. The summed E-state index contributed by atoms with van der Waals surface area (Å²) in [7, 11) is 0. The second kappa shape index (κ2) is 6.22. The highest BCUT2D eigenvalue weighted by atomic mass is 19.4. The van der Waals surface area contributed by atoms with Gasteiger partial charge in [0, 0.05) is 12.0 Å². The molecule has 1 N–H and O–H groups in total. The molecule has 1 aliphatic rings. The minimum atomic E-state index is -4.46. The van der Waals surface area contributed by atoms with Gasteiger partial charge in [-0.1, -0.05) is 27.7 Å². The van der Waals surface area contributed by atoms with Crippen molar-refractivity contribution < 1.29 is 17.9 Å². The molecule has 1 aromatic heterocycles. The Morgan fingerprint density at radius 3 is 2.52 bits per heavy atom. The first-order valence-electron chi connectivity index (χ1n) is 8.79. The molecule has 0 spiro atoms. The van der Waals surface area contributed by atoms with Gasteiger partial charge in [0.2, 0.25) is 0 Å². The molecular formula is C19H25F3N2O. The molecule has 0 unspecified atom stereocenters. The van der Waals surface area contributed by atoms with Gasteiger partial charge >= 0.3 is 6.18 Å². The minimum Gasteiger partial charge on any atom is -0.493 e. The molecule has 2 aromatic rings. The van der Waals surface area contributed by atoms with E-state index in [2.05, 4.69) is 37.7 Å². The number of aromatic amines is 1. The summed E-state index contributed by atoms with van der Waals surface area (Å²) < 4.78 is 46.0. The number of imidazole rings is 1. The van der Waals surface area contributed by atoms with Gasteiger partial charge in [-0.05, 0) is 36.7 Å². The van der Waals surface area contributed by atoms with Gasteiger partial charge in [0.05, 0.1) is 17.7 Å². The Balaban J connectivity index is 1.93. The summed E-state index contributed by atoms with van der Waals surface area (Å²) in [6.45, 7) is 8.82. The van der Waals surface area contributed by atoms with Crippen LogP contribution in [-0.2, 0) is 6.18 Å². The molecule has 1 aliphatic carbocycles. The largest absolute Gasteiger partial charge is 0.493 e. The second-order valence-electron chi connectivity index (χ2n) is 8.29. The van der Waals surface area contributed by atoms with Crippen LogP contribution in [0.5, 0.6) is 5.75 Å². The van der Waals surface area contributed by atoms with E-state index in [1.54, 1.807) is 6.07 Å². The van der Waals surface area contributed by atoms with Crippen molar-refractivity contribution in [1.29, 1.82) is 0 Å². The third kappa shape index (κ3) is 3.93. The molecule has 6 heteroatoms. The van der Waals surface area contributed by atoms with Gasteiger partial charge in [-0.25, -0.2) is 4.98 Å². The van der Waals surface area contributed by atoms with Crippen molar-refractivity contribution in [1.82, 2.24) is 9.97 Å². The van der Waals surface area contributed by atoms with Gasteiger partial charge in [0.1, 0.15) is 17.1 Å². The van der Waals surface area contributed by atoms with Crippen LogP contribution in [0.2, 0.25) is 0 Å². The van der Waals surface area contributed by atoms with Crippen molar-refractivity contribution in [3.05, 3.63) is 23.5 Å². The zero-order chi connectivity index (χ0) is 18.4. The van der Waals surface area contributed by atoms with Crippen molar-refractivity contribution >= 4 is 11.0 Å². The average molecular weight is 354 g/mol. The highest BCUT2D eigenvalue weighted by molar-refractivity contribution is 5.81. The smallest absolute Gasteiger partial charge is 0.418 e. The lowest BCUT2D eigenvalue weighted by Gasteiger charge is -2.41. The fourth-order valence-corrected chi connectivity index (χ4v) is 3.48. The molecule has 1 heterocycles. The summed E-state index contributed by atoms with van der Waals surface area (Å²) in [6, 6.07) is 2.70. The Bertz CT molecular complexity index is 754. The number of aromatic nitrogens is 2. The fraction of sp³-hybridized carbons (Fsp3) is 0.632. The first-order chi connectivity index (χ1) is 11.5. The van der Waals surface area contributed by atoms with E-state index in [1.165, 1.54) is 0 Å². The van der Waals surface area contributed by atoms with Gasteiger partial charge in [0.15, 0.2) is 0 Å². The summed E-state index contributed by atoms with van der Waals surface area (Å²) in [5.41, 5.74) is -0.107. The summed E-state index contributed by atoms with van der Waals surface area (Å²) >= 11 is 0. The van der Waals surface area contributed by atoms with Crippen LogP contribution >= 0.6 is 0 Å². The van der Waals surface area contributed by atoms with E-state index < -0.39 is 11.7 Å². The monoisotopic (exact) mass is 354 g/mol. The Morgan fingerprint density at radius 2 is 1.96 bits per heavy atom. The third-order valence-electron chi connectivity index (χ3n) is 4.83. The normalized spacial score (nSPS) is 17.9. The van der Waals surface area contributed by atoms with E-state index in [9.17, 15) is 13.2 Å². The van der Waals surface area contributed by atoms with Gasteiger partial charge < -0.3 is 9.72 Å². The number of nitrogens with zero attached hydrogens (tertiary/aromatic N) is 1. The van der Waals surface area contributed by atoms with Crippen LogP contribution in [0.4, 0.5) is 13.2 Å². The quantitative estimate of drug-likeness (QED) is 0.725. The predicted molar refractivity (Wildman–Crippen MR) is 91.8 cm³/mol. The first-order valence-corrected chi connectivity index (χ1v) is 8.79. The maximum atomic E-state index is 13.5. The van der Waals surface area contributed by atoms with Crippen LogP contribution in [0.1, 0.15) is 64.3 Å². The maximum Gasteiger partial charge on any atom is 0.418 e. The molecule has 1 aromatic carbocycles. The first kappa shape index (κ1) is 18.1. The van der Waals surface area contributed by atoms with Crippen LogP contribution in [0.15, 0.2) is 12.1 Å². The van der Waals surface area contributed by atoms with E-state index in [0.717, 1.165) is 25.3 Å². The third-order valence-corrected chi connectivity index (χ3v) is 4.83. The molecule has 3 rings (SSSR count). The molecule has 1 fully saturated rings. The summed E-state index contributed by atoms with van der Waals surface area (Å²) in [6.07, 6.45) is -1.79. The van der Waals surface area contributed by atoms with E-state index in [4.69, 9.17) is 4.74 Å². The average Bonchev–Trinajstić information content (AvgIpc) is 2.85. The SMILES string of the molecule is CC(C)CCOc1cc(C(F)(F)F)c2nc(C3CC(C)(C)C3)[nH]c2c1. The van der Waals surface area contributed by atoms with Crippen molar-refractivity contribution in [3.8, 4) is 5.75 Å². The van der Waals surface area contributed by atoms with E-state index in [1.807, 2.05) is 0 Å². The molecule has 0 saturated heterocycles. The van der Waals surface area contributed by atoms with Crippen molar-refractivity contribution in [2.45, 2.75) is 59.1 Å². The minimum absolute atomic E-state index is 0.0107. The van der Waals surface area contributed by atoms with Crippen LogP contribution < -0.4 is 4.74 Å². The number of benzene rings is 1. The highest BCUT2D eigenvalue weighted by Gasteiger charge is 2.40. The lowest BCUT2D eigenvalue weighted by atomic mass is 9.64. The Kier molecular flexibility index (Phi) is 4.50. The fourth-order valence-electron chi connectivity index (χ4n) is 3.48. The molecule has 0 amide bonds. The maximum absolute atomic E-state index is 13.5. The van der Waals surface area contributed by atoms with Crippen LogP contribution in [-0.4, -0.2) is 16.6 Å². The number of hydrogen-bond acceptors (Lipinski definition) is 2. The molecule has 25 heavy (non-hydrogen) atoms. The number of halogens is 3. The number of hydrogen-bond donors (Lipinski definition) is 1. The topological polar surface area (TPSA) is 37.9 Å². The lowest BCUT2D eigenvalue weighted by Crippen LogP contribution is -2.30. The number of nitrogens with one attached hydrogen (secondary N) is 1. The summed E-state index contributed by atoms with van der Waals surface area (Å²) in [4.78, 5) is 7.38. The van der Waals surface area contributed by atoms with Crippen molar-refractivity contribution in [3.63, 3.8) is 0 Å². The number of H-pyrrole nitrogens is 1. The number of fused-ring (bicyclic) bond motifs is 1. The van der Waals surface area contributed by atoms with Crippen molar-refractivity contribution in [2.75, 3.05) is 6.61 Å². The molecule has 0 atom stereocenters. The Morgan fingerprint density at radius 1 is 1.28 bits per heavy atom. The zero-order valence-electron chi connectivity index (χ0n) is 15.1. The standard InChI is InChI=1S/C19H25F3N2O/c1-11(2)5-6-25-13-7-14(19(20,21)22)16-15(8-13)23-17(24-16)12-9-18(3,4)10-12/h7-8,11-12H,5-6,9-10H2,1-4H3,(H,23,24). The van der Waals surface area contributed by atoms with Crippen LogP contribution in [0, 0.1) is 11.3 Å². The van der Waals surface area contributed by atoms with Gasteiger partial charge in [-0.2, -0.15) is 13.2 Å². The van der Waals surface area contributed by atoms with Gasteiger partial charge in [-0.15, -0.1) is 0 Å². The Labute approximate surface area is 146 Å². The Hall–Kier alpha value is -1.72. The molecule has 138 valence electrons. The molecule has 0 aliphatic heterocycles. The zero-order valence-corrected chi connectivity index (χ0v) is 15.1. The van der Waals surface area contributed by atoms with Gasteiger partial charge in [0.25, 0.3) is 0 Å². The summed E-state index contributed by atoms with van der Waals surface area (Å²) in [5.74, 6) is 1.53. The van der Waals surface area contributed by atoms with E-state index in [0.29, 0.717) is 23.9 Å². The number of rotatable bonds is 5. The van der Waals surface area contributed by atoms with Crippen LogP contribution in [0.3, 0.4) is 0 Å². The molecular weight excluding hydrogens is 329 g/mol. The lowest BCUT2D eigenvalue weighted by molar-refractivity contribution is -0.136. The second-order valence-corrected chi connectivity index (χ2v) is 8.29. The highest BCUT2D eigenvalue weighted by Crippen LogP contribution is 2.50. The van der Waals surface area contributed by atoms with E-state index >= 15 is 0 Å².